The highest BCUT2D eigenvalue weighted by Gasteiger charge is 2.44. The van der Waals surface area contributed by atoms with Crippen molar-refractivity contribution in [2.75, 3.05) is 33.3 Å². The molecule has 116 valence electrons. The number of carbonyl (C=O) groups is 1. The Morgan fingerprint density at radius 2 is 2.19 bits per heavy atom. The van der Waals surface area contributed by atoms with Gasteiger partial charge in [-0.2, -0.15) is 0 Å². The second kappa shape index (κ2) is 6.85. The standard InChI is InChI=1S/C15H20BrFN2O2/c1-15(14(20)21-2,19-8-3-6-18-7-9-19)12-10-11(16)4-5-13(12)17/h4-5,10,18H,3,6-9H2,1-2H3. The number of esters is 1. The van der Waals surface area contributed by atoms with Gasteiger partial charge in [-0.3, -0.25) is 4.90 Å². The fourth-order valence-corrected chi connectivity index (χ4v) is 3.13. The van der Waals surface area contributed by atoms with Gasteiger partial charge in [-0.15, -0.1) is 0 Å². The first kappa shape index (κ1) is 16.4. The van der Waals surface area contributed by atoms with Gasteiger partial charge in [0.2, 0.25) is 0 Å². The number of methoxy groups -OCH3 is 1. The molecule has 1 unspecified atom stereocenters. The molecule has 0 saturated carbocycles. The Hall–Kier alpha value is -0.980. The molecule has 6 heteroatoms. The highest BCUT2D eigenvalue weighted by atomic mass is 79.9. The largest absolute Gasteiger partial charge is 0.467 e. The van der Waals surface area contributed by atoms with Gasteiger partial charge in [-0.1, -0.05) is 15.9 Å². The van der Waals surface area contributed by atoms with E-state index in [1.807, 2.05) is 4.90 Å². The quantitative estimate of drug-likeness (QED) is 0.841. The SMILES string of the molecule is COC(=O)C(C)(c1cc(Br)ccc1F)N1CCCNCC1. The molecule has 1 aliphatic rings. The van der Waals surface area contributed by atoms with E-state index in [9.17, 15) is 9.18 Å². The molecule has 1 saturated heterocycles. The van der Waals surface area contributed by atoms with Crippen LogP contribution < -0.4 is 5.32 Å². The number of benzene rings is 1. The van der Waals surface area contributed by atoms with Crippen molar-refractivity contribution in [3.05, 3.63) is 34.1 Å². The van der Waals surface area contributed by atoms with Gasteiger partial charge in [0.1, 0.15) is 11.4 Å². The fourth-order valence-electron chi connectivity index (χ4n) is 2.77. The number of hydrogen-bond donors (Lipinski definition) is 1. The maximum absolute atomic E-state index is 14.3. The van der Waals surface area contributed by atoms with Crippen molar-refractivity contribution in [1.29, 1.82) is 0 Å². The normalized spacial score (nSPS) is 19.6. The summed E-state index contributed by atoms with van der Waals surface area (Å²) >= 11 is 3.35. The van der Waals surface area contributed by atoms with Crippen LogP contribution >= 0.6 is 15.9 Å². The molecule has 1 aliphatic heterocycles. The summed E-state index contributed by atoms with van der Waals surface area (Å²) in [4.78, 5) is 14.4. The summed E-state index contributed by atoms with van der Waals surface area (Å²) in [7, 11) is 1.34. The van der Waals surface area contributed by atoms with E-state index >= 15 is 0 Å². The zero-order chi connectivity index (χ0) is 15.5. The van der Waals surface area contributed by atoms with Crippen LogP contribution in [-0.2, 0) is 15.1 Å². The van der Waals surface area contributed by atoms with Gasteiger partial charge < -0.3 is 10.1 Å². The number of rotatable bonds is 3. The number of hydrogen-bond acceptors (Lipinski definition) is 4. The molecule has 0 bridgehead atoms. The first-order valence-corrected chi connectivity index (χ1v) is 7.79. The molecule has 2 rings (SSSR count). The summed E-state index contributed by atoms with van der Waals surface area (Å²) in [5, 5.41) is 3.29. The number of ether oxygens (including phenoxy) is 1. The van der Waals surface area contributed by atoms with Gasteiger partial charge in [0.25, 0.3) is 0 Å². The van der Waals surface area contributed by atoms with Gasteiger partial charge in [0.15, 0.2) is 0 Å². The molecular formula is C15H20BrFN2O2. The Balaban J connectivity index is 2.50. The summed E-state index contributed by atoms with van der Waals surface area (Å²) < 4.78 is 20.1. The van der Waals surface area contributed by atoms with Crippen molar-refractivity contribution in [2.24, 2.45) is 0 Å². The molecule has 0 spiro atoms. The van der Waals surface area contributed by atoms with Crippen LogP contribution in [0.5, 0.6) is 0 Å². The van der Waals surface area contributed by atoms with E-state index in [-0.39, 0.29) is 0 Å². The number of nitrogens with zero attached hydrogens (tertiary/aromatic N) is 1. The molecule has 1 aromatic rings. The highest BCUT2D eigenvalue weighted by molar-refractivity contribution is 9.10. The van der Waals surface area contributed by atoms with Crippen molar-refractivity contribution in [3.8, 4) is 0 Å². The van der Waals surface area contributed by atoms with E-state index in [2.05, 4.69) is 21.2 Å². The molecule has 0 aromatic heterocycles. The average Bonchev–Trinajstić information content (AvgIpc) is 2.77. The van der Waals surface area contributed by atoms with E-state index < -0.39 is 17.3 Å². The molecule has 4 nitrogen and oxygen atoms in total. The van der Waals surface area contributed by atoms with Crippen LogP contribution in [0.4, 0.5) is 4.39 Å². The lowest BCUT2D eigenvalue weighted by molar-refractivity contribution is -0.155. The number of halogens is 2. The van der Waals surface area contributed by atoms with Gasteiger partial charge in [-0.25, -0.2) is 9.18 Å². The lowest BCUT2D eigenvalue weighted by Crippen LogP contribution is -2.52. The second-order valence-electron chi connectivity index (χ2n) is 5.28. The van der Waals surface area contributed by atoms with Gasteiger partial charge in [-0.05, 0) is 38.1 Å². The molecule has 1 fully saturated rings. The summed E-state index contributed by atoms with van der Waals surface area (Å²) in [6.45, 7) is 4.77. The molecule has 1 heterocycles. The Labute approximate surface area is 132 Å². The molecule has 0 aliphatic carbocycles. The maximum atomic E-state index is 14.3. The molecule has 1 aromatic carbocycles. The summed E-state index contributed by atoms with van der Waals surface area (Å²) in [5.74, 6) is -0.843. The number of nitrogens with one attached hydrogen (secondary N) is 1. The summed E-state index contributed by atoms with van der Waals surface area (Å²) in [6.07, 6.45) is 0.905. The third-order valence-electron chi connectivity index (χ3n) is 4.01. The van der Waals surface area contributed by atoms with Crippen LogP contribution in [0.3, 0.4) is 0 Å². The van der Waals surface area contributed by atoms with Crippen molar-refractivity contribution in [2.45, 2.75) is 18.9 Å². The number of carbonyl (C=O) groups excluding carboxylic acids is 1. The van der Waals surface area contributed by atoms with E-state index in [0.717, 1.165) is 24.0 Å². The van der Waals surface area contributed by atoms with Gasteiger partial charge >= 0.3 is 5.97 Å². The molecular weight excluding hydrogens is 339 g/mol. The van der Waals surface area contributed by atoms with Gasteiger partial charge in [0, 0.05) is 29.7 Å². The van der Waals surface area contributed by atoms with Crippen LogP contribution in [0.25, 0.3) is 0 Å². The smallest absolute Gasteiger partial charge is 0.330 e. The van der Waals surface area contributed by atoms with Crippen LogP contribution in [0.1, 0.15) is 18.9 Å². The maximum Gasteiger partial charge on any atom is 0.330 e. The minimum absolute atomic E-state index is 0.339. The van der Waals surface area contributed by atoms with E-state index in [1.54, 1.807) is 19.1 Å². The third-order valence-corrected chi connectivity index (χ3v) is 4.50. The van der Waals surface area contributed by atoms with Crippen molar-refractivity contribution in [1.82, 2.24) is 10.2 Å². The first-order valence-electron chi connectivity index (χ1n) is 7.00. The van der Waals surface area contributed by atoms with Crippen LogP contribution in [0.2, 0.25) is 0 Å². The molecule has 0 radical (unpaired) electrons. The zero-order valence-electron chi connectivity index (χ0n) is 12.3. The predicted molar refractivity (Wildman–Crippen MR) is 82.5 cm³/mol. The Morgan fingerprint density at radius 1 is 1.43 bits per heavy atom. The fraction of sp³-hybridized carbons (Fsp3) is 0.533. The molecule has 0 amide bonds. The van der Waals surface area contributed by atoms with Crippen LogP contribution in [0.15, 0.2) is 22.7 Å². The van der Waals surface area contributed by atoms with E-state index in [4.69, 9.17) is 4.74 Å². The lowest BCUT2D eigenvalue weighted by Gasteiger charge is -2.38. The van der Waals surface area contributed by atoms with Crippen LogP contribution in [-0.4, -0.2) is 44.2 Å². The van der Waals surface area contributed by atoms with Crippen molar-refractivity contribution < 1.29 is 13.9 Å². The monoisotopic (exact) mass is 358 g/mol. The predicted octanol–water partition coefficient (Wildman–Crippen LogP) is 2.27. The third kappa shape index (κ3) is 3.27. The highest BCUT2D eigenvalue weighted by Crippen LogP contribution is 2.33. The minimum atomic E-state index is -1.13. The Bertz CT molecular complexity index is 518. The minimum Gasteiger partial charge on any atom is -0.467 e. The topological polar surface area (TPSA) is 41.6 Å². The van der Waals surface area contributed by atoms with Crippen LogP contribution in [0, 0.1) is 5.82 Å². The Morgan fingerprint density at radius 3 is 2.90 bits per heavy atom. The molecule has 21 heavy (non-hydrogen) atoms. The second-order valence-corrected chi connectivity index (χ2v) is 6.19. The molecule has 1 atom stereocenters. The lowest BCUT2D eigenvalue weighted by atomic mass is 9.89. The zero-order valence-corrected chi connectivity index (χ0v) is 13.9. The van der Waals surface area contributed by atoms with E-state index in [1.165, 1.54) is 13.2 Å². The molecule has 1 N–H and O–H groups in total. The Kier molecular flexibility index (Phi) is 5.35. The first-order chi connectivity index (χ1) is 10.00. The van der Waals surface area contributed by atoms with Crippen molar-refractivity contribution in [3.63, 3.8) is 0 Å². The summed E-state index contributed by atoms with van der Waals surface area (Å²) in [5.41, 5.74) is -0.792. The van der Waals surface area contributed by atoms with Crippen molar-refractivity contribution >= 4 is 21.9 Å². The summed E-state index contributed by atoms with van der Waals surface area (Å²) in [6, 6.07) is 4.65. The van der Waals surface area contributed by atoms with Gasteiger partial charge in [0.05, 0.1) is 7.11 Å². The van der Waals surface area contributed by atoms with E-state index in [0.29, 0.717) is 18.7 Å². The average molecular weight is 359 g/mol.